The summed E-state index contributed by atoms with van der Waals surface area (Å²) in [6.45, 7) is 7.23. The minimum atomic E-state index is 0.275. The summed E-state index contributed by atoms with van der Waals surface area (Å²) in [6.07, 6.45) is 0.904. The summed E-state index contributed by atoms with van der Waals surface area (Å²) in [5.41, 5.74) is 4.82. The first-order valence-electron chi connectivity index (χ1n) is 7.10. The Kier molecular flexibility index (Phi) is 5.63. The summed E-state index contributed by atoms with van der Waals surface area (Å²) in [6, 6.07) is 6.85. The highest BCUT2D eigenvalue weighted by Gasteiger charge is 2.18. The van der Waals surface area contributed by atoms with Crippen molar-refractivity contribution in [1.29, 1.82) is 0 Å². The van der Waals surface area contributed by atoms with Crippen LogP contribution >= 0.6 is 31.9 Å². The Labute approximate surface area is 143 Å². The second-order valence-electron chi connectivity index (χ2n) is 5.35. The fourth-order valence-corrected chi connectivity index (χ4v) is 3.74. The molecule has 2 rings (SSSR count). The van der Waals surface area contributed by atoms with Crippen molar-refractivity contribution in [1.82, 2.24) is 15.1 Å². The van der Waals surface area contributed by atoms with E-state index in [0.29, 0.717) is 0 Å². The molecule has 0 saturated heterocycles. The summed E-state index contributed by atoms with van der Waals surface area (Å²) in [7, 11) is 2.00. The molecular weight excluding hydrogens is 394 g/mol. The monoisotopic (exact) mass is 413 g/mol. The highest BCUT2D eigenvalue weighted by molar-refractivity contribution is 9.10. The van der Waals surface area contributed by atoms with Crippen LogP contribution in [0.25, 0.3) is 0 Å². The minimum absolute atomic E-state index is 0.275. The Bertz CT molecular complexity index is 614. The molecule has 1 aromatic carbocycles. The summed E-state index contributed by atoms with van der Waals surface area (Å²) in [5.74, 6) is 0. The largest absolute Gasteiger partial charge is 0.310 e. The van der Waals surface area contributed by atoms with Crippen LogP contribution in [0.2, 0.25) is 0 Å². The first-order chi connectivity index (χ1) is 9.92. The zero-order chi connectivity index (χ0) is 15.6. The number of hydrogen-bond donors (Lipinski definition) is 1. The van der Waals surface area contributed by atoms with Gasteiger partial charge in [-0.15, -0.1) is 0 Å². The summed E-state index contributed by atoms with van der Waals surface area (Å²) < 4.78 is 4.20. The Balaban J connectivity index is 2.35. The molecule has 0 bridgehead atoms. The smallest absolute Gasteiger partial charge is 0.0738 e. The van der Waals surface area contributed by atoms with Crippen molar-refractivity contribution in [3.63, 3.8) is 0 Å². The topological polar surface area (TPSA) is 29.9 Å². The Hall–Kier alpha value is -0.650. The first-order valence-corrected chi connectivity index (χ1v) is 8.69. The van der Waals surface area contributed by atoms with Crippen LogP contribution in [0.15, 0.2) is 27.1 Å². The van der Waals surface area contributed by atoms with Gasteiger partial charge in [-0.1, -0.05) is 28.9 Å². The molecule has 1 atom stereocenters. The number of nitrogens with one attached hydrogen (secondary N) is 1. The van der Waals surface area contributed by atoms with Gasteiger partial charge in [0.15, 0.2) is 0 Å². The molecule has 0 aliphatic heterocycles. The Morgan fingerprint density at radius 3 is 2.48 bits per heavy atom. The molecule has 0 aliphatic carbocycles. The van der Waals surface area contributed by atoms with Crippen molar-refractivity contribution in [2.24, 2.45) is 7.05 Å². The number of aromatic nitrogens is 2. The van der Waals surface area contributed by atoms with Crippen molar-refractivity contribution in [3.05, 3.63) is 49.7 Å². The van der Waals surface area contributed by atoms with Crippen LogP contribution < -0.4 is 5.32 Å². The van der Waals surface area contributed by atoms with E-state index < -0.39 is 0 Å². The van der Waals surface area contributed by atoms with Crippen molar-refractivity contribution in [3.8, 4) is 0 Å². The van der Waals surface area contributed by atoms with Crippen LogP contribution in [0.1, 0.15) is 35.5 Å². The normalized spacial score (nSPS) is 12.7. The maximum atomic E-state index is 4.49. The predicted octanol–water partition coefficient (Wildman–Crippen LogP) is 4.46. The third kappa shape index (κ3) is 3.96. The van der Waals surface area contributed by atoms with Crippen molar-refractivity contribution in [2.75, 3.05) is 6.54 Å². The highest BCUT2D eigenvalue weighted by atomic mass is 79.9. The molecule has 0 aliphatic rings. The van der Waals surface area contributed by atoms with Crippen LogP contribution in [-0.2, 0) is 13.5 Å². The fourth-order valence-electron chi connectivity index (χ4n) is 2.62. The quantitative estimate of drug-likeness (QED) is 0.782. The Morgan fingerprint density at radius 1 is 1.24 bits per heavy atom. The maximum Gasteiger partial charge on any atom is 0.0738 e. The van der Waals surface area contributed by atoms with E-state index in [2.05, 4.69) is 74.3 Å². The van der Waals surface area contributed by atoms with E-state index in [9.17, 15) is 0 Å². The van der Waals surface area contributed by atoms with Crippen LogP contribution in [0, 0.1) is 13.8 Å². The van der Waals surface area contributed by atoms with Gasteiger partial charge in [0, 0.05) is 24.0 Å². The average Bonchev–Trinajstić information content (AvgIpc) is 2.63. The molecule has 0 saturated carbocycles. The van der Waals surface area contributed by atoms with Gasteiger partial charge in [0.25, 0.3) is 0 Å². The van der Waals surface area contributed by atoms with E-state index in [-0.39, 0.29) is 6.04 Å². The maximum absolute atomic E-state index is 4.49. The zero-order valence-corrected chi connectivity index (χ0v) is 16.0. The second kappa shape index (κ2) is 7.07. The lowest BCUT2D eigenvalue weighted by molar-refractivity contribution is 0.527. The molecule has 0 radical (unpaired) electrons. The fraction of sp³-hybridized carbons (Fsp3) is 0.438. The number of benzene rings is 1. The summed E-state index contributed by atoms with van der Waals surface area (Å²) in [4.78, 5) is 0. The van der Waals surface area contributed by atoms with Crippen LogP contribution in [-0.4, -0.2) is 16.3 Å². The lowest BCUT2D eigenvalue weighted by Crippen LogP contribution is -2.24. The molecular formula is C16H21Br2N3. The molecule has 1 aromatic heterocycles. The van der Waals surface area contributed by atoms with Crippen LogP contribution in [0.3, 0.4) is 0 Å². The van der Waals surface area contributed by atoms with Gasteiger partial charge < -0.3 is 5.32 Å². The van der Waals surface area contributed by atoms with Gasteiger partial charge in [0.1, 0.15) is 0 Å². The van der Waals surface area contributed by atoms with Gasteiger partial charge >= 0.3 is 0 Å². The lowest BCUT2D eigenvalue weighted by Gasteiger charge is -2.20. The van der Waals surface area contributed by atoms with Crippen molar-refractivity contribution < 1.29 is 0 Å². The third-order valence-electron chi connectivity index (χ3n) is 3.58. The van der Waals surface area contributed by atoms with Gasteiger partial charge in [-0.2, -0.15) is 5.10 Å². The van der Waals surface area contributed by atoms with E-state index in [1.807, 2.05) is 18.7 Å². The summed E-state index contributed by atoms with van der Waals surface area (Å²) >= 11 is 7.26. The van der Waals surface area contributed by atoms with Gasteiger partial charge in [-0.25, -0.2) is 0 Å². The molecule has 0 fully saturated rings. The van der Waals surface area contributed by atoms with Crippen LogP contribution in [0.4, 0.5) is 0 Å². The molecule has 0 spiro atoms. The number of hydrogen-bond acceptors (Lipinski definition) is 2. The average molecular weight is 415 g/mol. The standard InChI is InChI=1S/C16H21Br2N3/c1-5-19-14(12-6-10(2)7-13(17)8-12)9-15-16(18)11(3)20-21(15)4/h6-8,14,19H,5,9H2,1-4H3. The number of halogens is 2. The highest BCUT2D eigenvalue weighted by Crippen LogP contribution is 2.28. The first kappa shape index (κ1) is 16.7. The molecule has 2 aromatic rings. The van der Waals surface area contributed by atoms with E-state index in [1.165, 1.54) is 16.8 Å². The van der Waals surface area contributed by atoms with Crippen molar-refractivity contribution >= 4 is 31.9 Å². The SMILES string of the molecule is CCNC(Cc1c(Br)c(C)nn1C)c1cc(C)cc(Br)c1. The minimum Gasteiger partial charge on any atom is -0.310 e. The lowest BCUT2D eigenvalue weighted by atomic mass is 10.00. The van der Waals surface area contributed by atoms with Gasteiger partial charge in [0.05, 0.1) is 15.9 Å². The van der Waals surface area contributed by atoms with Gasteiger partial charge in [-0.05, 0) is 59.6 Å². The van der Waals surface area contributed by atoms with E-state index >= 15 is 0 Å². The van der Waals surface area contributed by atoms with Crippen molar-refractivity contribution in [2.45, 2.75) is 33.2 Å². The molecule has 5 heteroatoms. The molecule has 1 N–H and O–H groups in total. The molecule has 1 unspecified atom stereocenters. The summed E-state index contributed by atoms with van der Waals surface area (Å²) in [5, 5.41) is 8.07. The number of aryl methyl sites for hydroxylation is 3. The van der Waals surface area contributed by atoms with E-state index in [0.717, 1.165) is 27.6 Å². The third-order valence-corrected chi connectivity index (χ3v) is 5.07. The number of rotatable bonds is 5. The van der Waals surface area contributed by atoms with E-state index in [1.54, 1.807) is 0 Å². The zero-order valence-electron chi connectivity index (χ0n) is 12.9. The van der Waals surface area contributed by atoms with Crippen LogP contribution in [0.5, 0.6) is 0 Å². The van der Waals surface area contributed by atoms with Gasteiger partial charge in [0.2, 0.25) is 0 Å². The molecule has 114 valence electrons. The van der Waals surface area contributed by atoms with Gasteiger partial charge in [-0.3, -0.25) is 4.68 Å². The molecule has 21 heavy (non-hydrogen) atoms. The number of nitrogens with zero attached hydrogens (tertiary/aromatic N) is 2. The predicted molar refractivity (Wildman–Crippen MR) is 94.6 cm³/mol. The molecule has 1 heterocycles. The molecule has 0 amide bonds. The number of likely N-dealkylation sites (N-methyl/N-ethyl adjacent to an activating group) is 1. The molecule has 3 nitrogen and oxygen atoms in total. The Morgan fingerprint density at radius 2 is 1.95 bits per heavy atom. The van der Waals surface area contributed by atoms with E-state index in [4.69, 9.17) is 0 Å². The second-order valence-corrected chi connectivity index (χ2v) is 7.05.